The highest BCUT2D eigenvalue weighted by atomic mass is 79.9. The topological polar surface area (TPSA) is 35.5 Å². The summed E-state index contributed by atoms with van der Waals surface area (Å²) in [5, 5.41) is 0. The standard InChI is InChI=1S/C9H17BrO3/c1-4-5-6-8(10)9(11)13-7(2)12-3/h7-8H,4-6H2,1-3H3. The Morgan fingerprint density at radius 3 is 2.62 bits per heavy atom. The van der Waals surface area contributed by atoms with E-state index < -0.39 is 6.29 Å². The highest BCUT2D eigenvalue weighted by Crippen LogP contribution is 2.12. The molecule has 3 nitrogen and oxygen atoms in total. The van der Waals surface area contributed by atoms with Crippen molar-refractivity contribution < 1.29 is 14.3 Å². The number of hydrogen-bond donors (Lipinski definition) is 0. The summed E-state index contributed by atoms with van der Waals surface area (Å²) in [4.78, 5) is 11.1. The van der Waals surface area contributed by atoms with Crippen LogP contribution < -0.4 is 0 Å². The van der Waals surface area contributed by atoms with Crippen LogP contribution in [0.2, 0.25) is 0 Å². The number of hydrogen-bond acceptors (Lipinski definition) is 3. The Labute approximate surface area is 87.9 Å². The Balaban J connectivity index is 3.68. The normalized spacial score (nSPS) is 15.1. The first kappa shape index (κ1) is 12.9. The van der Waals surface area contributed by atoms with Crippen LogP contribution in [0.15, 0.2) is 0 Å². The van der Waals surface area contributed by atoms with Crippen LogP contribution in [0.1, 0.15) is 33.1 Å². The lowest BCUT2D eigenvalue weighted by atomic mass is 10.2. The van der Waals surface area contributed by atoms with Crippen LogP contribution in [0, 0.1) is 0 Å². The first-order chi connectivity index (χ1) is 6.11. The minimum absolute atomic E-state index is 0.204. The summed E-state index contributed by atoms with van der Waals surface area (Å²) in [5.41, 5.74) is 0. The molecule has 0 aromatic heterocycles. The van der Waals surface area contributed by atoms with Gasteiger partial charge in [0.1, 0.15) is 4.83 Å². The summed E-state index contributed by atoms with van der Waals surface area (Å²) in [6.45, 7) is 3.78. The highest BCUT2D eigenvalue weighted by Gasteiger charge is 2.17. The van der Waals surface area contributed by atoms with E-state index in [2.05, 4.69) is 22.9 Å². The van der Waals surface area contributed by atoms with Gasteiger partial charge in [0, 0.05) is 7.11 Å². The van der Waals surface area contributed by atoms with Crippen molar-refractivity contribution >= 4 is 21.9 Å². The predicted molar refractivity (Wildman–Crippen MR) is 54.8 cm³/mol. The van der Waals surface area contributed by atoms with Gasteiger partial charge >= 0.3 is 5.97 Å². The van der Waals surface area contributed by atoms with Gasteiger partial charge in [0.05, 0.1) is 0 Å². The molecule has 0 aromatic carbocycles. The van der Waals surface area contributed by atoms with E-state index in [4.69, 9.17) is 9.47 Å². The zero-order valence-corrected chi connectivity index (χ0v) is 9.96. The molecule has 0 bridgehead atoms. The number of carbonyl (C=O) groups excluding carboxylic acids is 1. The number of ether oxygens (including phenoxy) is 2. The Bertz CT molecular complexity index is 150. The van der Waals surface area contributed by atoms with Crippen molar-refractivity contribution in [2.45, 2.75) is 44.2 Å². The van der Waals surface area contributed by atoms with Gasteiger partial charge in [-0.3, -0.25) is 4.79 Å². The van der Waals surface area contributed by atoms with E-state index in [1.54, 1.807) is 6.92 Å². The van der Waals surface area contributed by atoms with Crippen molar-refractivity contribution in [2.75, 3.05) is 7.11 Å². The number of rotatable bonds is 6. The average Bonchev–Trinajstić information content (AvgIpc) is 2.13. The second-order valence-electron chi connectivity index (χ2n) is 2.85. The number of esters is 1. The summed E-state index contributed by atoms with van der Waals surface area (Å²) in [6.07, 6.45) is 2.45. The highest BCUT2D eigenvalue weighted by molar-refractivity contribution is 9.10. The van der Waals surface area contributed by atoms with Crippen LogP contribution in [0.25, 0.3) is 0 Å². The number of halogens is 1. The van der Waals surface area contributed by atoms with Gasteiger partial charge in [0.15, 0.2) is 6.29 Å². The maximum atomic E-state index is 11.3. The van der Waals surface area contributed by atoms with Gasteiger partial charge < -0.3 is 9.47 Å². The van der Waals surface area contributed by atoms with E-state index in [9.17, 15) is 4.79 Å². The molecule has 0 rings (SSSR count). The van der Waals surface area contributed by atoms with Crippen molar-refractivity contribution in [3.8, 4) is 0 Å². The summed E-state index contributed by atoms with van der Waals surface area (Å²) in [7, 11) is 1.51. The Morgan fingerprint density at radius 1 is 1.54 bits per heavy atom. The zero-order chi connectivity index (χ0) is 10.3. The SMILES string of the molecule is CCCCC(Br)C(=O)OC(C)OC. The van der Waals surface area contributed by atoms with E-state index >= 15 is 0 Å². The van der Waals surface area contributed by atoms with Gasteiger partial charge in [-0.25, -0.2) is 0 Å². The minimum Gasteiger partial charge on any atom is -0.435 e. The summed E-state index contributed by atoms with van der Waals surface area (Å²) in [5.74, 6) is -0.247. The minimum atomic E-state index is -0.464. The monoisotopic (exact) mass is 252 g/mol. The van der Waals surface area contributed by atoms with Gasteiger partial charge in [0.2, 0.25) is 0 Å². The van der Waals surface area contributed by atoms with Gasteiger partial charge in [-0.2, -0.15) is 0 Å². The number of carbonyl (C=O) groups is 1. The molecule has 0 saturated heterocycles. The van der Waals surface area contributed by atoms with E-state index in [1.807, 2.05) is 0 Å². The smallest absolute Gasteiger partial charge is 0.322 e. The Hall–Kier alpha value is -0.0900. The van der Waals surface area contributed by atoms with Crippen LogP contribution in [0.3, 0.4) is 0 Å². The fraction of sp³-hybridized carbons (Fsp3) is 0.889. The lowest BCUT2D eigenvalue weighted by Gasteiger charge is -2.13. The third kappa shape index (κ3) is 6.05. The van der Waals surface area contributed by atoms with Crippen LogP contribution in [0.5, 0.6) is 0 Å². The first-order valence-corrected chi connectivity index (χ1v) is 5.40. The molecule has 0 fully saturated rings. The molecular weight excluding hydrogens is 236 g/mol. The number of unbranched alkanes of at least 4 members (excludes halogenated alkanes) is 1. The Kier molecular flexibility index (Phi) is 7.28. The van der Waals surface area contributed by atoms with Crippen molar-refractivity contribution in [2.24, 2.45) is 0 Å². The molecule has 0 aromatic rings. The number of alkyl halides is 1. The molecule has 4 heteroatoms. The number of methoxy groups -OCH3 is 1. The van der Waals surface area contributed by atoms with Crippen molar-refractivity contribution in [3.63, 3.8) is 0 Å². The largest absolute Gasteiger partial charge is 0.435 e. The molecule has 0 radical (unpaired) electrons. The molecule has 2 atom stereocenters. The summed E-state index contributed by atoms with van der Waals surface area (Å²) < 4.78 is 9.76. The van der Waals surface area contributed by atoms with Gasteiger partial charge in [0.25, 0.3) is 0 Å². The van der Waals surface area contributed by atoms with Gasteiger partial charge in [-0.1, -0.05) is 35.7 Å². The second-order valence-corrected chi connectivity index (χ2v) is 3.96. The summed E-state index contributed by atoms with van der Waals surface area (Å²) >= 11 is 3.27. The lowest BCUT2D eigenvalue weighted by Crippen LogP contribution is -2.23. The molecule has 0 saturated carbocycles. The molecule has 0 N–H and O–H groups in total. The Morgan fingerprint density at radius 2 is 2.15 bits per heavy atom. The molecule has 0 aliphatic carbocycles. The maximum Gasteiger partial charge on any atom is 0.322 e. The second kappa shape index (κ2) is 7.33. The third-order valence-corrected chi connectivity index (χ3v) is 2.51. The van der Waals surface area contributed by atoms with E-state index in [0.717, 1.165) is 19.3 Å². The first-order valence-electron chi connectivity index (χ1n) is 4.49. The van der Waals surface area contributed by atoms with E-state index in [0.29, 0.717) is 0 Å². The van der Waals surface area contributed by atoms with Crippen LogP contribution in [0.4, 0.5) is 0 Å². The third-order valence-electron chi connectivity index (χ3n) is 1.68. The van der Waals surface area contributed by atoms with Crippen LogP contribution in [-0.2, 0) is 14.3 Å². The van der Waals surface area contributed by atoms with Crippen molar-refractivity contribution in [3.05, 3.63) is 0 Å². The zero-order valence-electron chi connectivity index (χ0n) is 8.38. The average molecular weight is 253 g/mol. The lowest BCUT2D eigenvalue weighted by molar-refractivity contribution is -0.169. The van der Waals surface area contributed by atoms with Gasteiger partial charge in [-0.15, -0.1) is 0 Å². The quantitative estimate of drug-likeness (QED) is 0.414. The molecule has 13 heavy (non-hydrogen) atoms. The van der Waals surface area contributed by atoms with Crippen LogP contribution in [-0.4, -0.2) is 24.2 Å². The molecular formula is C9H17BrO3. The molecule has 0 amide bonds. The van der Waals surface area contributed by atoms with E-state index in [-0.39, 0.29) is 10.8 Å². The molecule has 0 spiro atoms. The molecule has 0 heterocycles. The van der Waals surface area contributed by atoms with E-state index in [1.165, 1.54) is 7.11 Å². The van der Waals surface area contributed by atoms with Crippen molar-refractivity contribution in [1.82, 2.24) is 0 Å². The maximum absolute atomic E-state index is 11.3. The molecule has 78 valence electrons. The molecule has 0 aliphatic rings. The van der Waals surface area contributed by atoms with Crippen molar-refractivity contribution in [1.29, 1.82) is 0 Å². The van der Waals surface area contributed by atoms with Gasteiger partial charge in [-0.05, 0) is 13.3 Å². The fourth-order valence-corrected chi connectivity index (χ4v) is 1.22. The summed E-state index contributed by atoms with van der Waals surface area (Å²) in [6, 6.07) is 0. The molecule has 0 aliphatic heterocycles. The molecule has 2 unspecified atom stereocenters. The predicted octanol–water partition coefficient (Wildman–Crippen LogP) is 2.48. The fourth-order valence-electron chi connectivity index (χ4n) is 0.787. The van der Waals surface area contributed by atoms with Crippen LogP contribution >= 0.6 is 15.9 Å².